The zero-order valence-electron chi connectivity index (χ0n) is 14.5. The Balaban J connectivity index is 1.61. The number of benzene rings is 1. The summed E-state index contributed by atoms with van der Waals surface area (Å²) in [5.41, 5.74) is -0.222. The Morgan fingerprint density at radius 1 is 1.19 bits per heavy atom. The molecule has 0 aliphatic carbocycles. The number of nitrogens with zero attached hydrogens (tertiary/aromatic N) is 5. The number of nitro groups is 1. The Bertz CT molecular complexity index is 888. The maximum absolute atomic E-state index is 12.7. The molecule has 0 spiro atoms. The molecule has 1 aromatic carbocycles. The van der Waals surface area contributed by atoms with Crippen molar-refractivity contribution in [2.24, 2.45) is 0 Å². The number of nitro benzene ring substituents is 1. The minimum atomic E-state index is -3.72. The summed E-state index contributed by atoms with van der Waals surface area (Å²) in [5.74, 6) is 0.955. The Morgan fingerprint density at radius 3 is 2.54 bits per heavy atom. The first kappa shape index (κ1) is 18.5. The summed E-state index contributed by atoms with van der Waals surface area (Å²) < 4.78 is 28.9. The lowest BCUT2D eigenvalue weighted by Crippen LogP contribution is -2.49. The summed E-state index contributed by atoms with van der Waals surface area (Å²) in [5, 5.41) is 10.9. The number of piperazine rings is 1. The van der Waals surface area contributed by atoms with E-state index in [9.17, 15) is 18.5 Å². The average molecular weight is 379 g/mol. The molecule has 2 heterocycles. The molecule has 2 aromatic rings. The molecule has 140 valence electrons. The molecular weight excluding hydrogens is 358 g/mol. The van der Waals surface area contributed by atoms with Crippen molar-refractivity contribution in [3.05, 3.63) is 52.6 Å². The summed E-state index contributed by atoms with van der Waals surface area (Å²) in [6.45, 7) is 5.57. The molecule has 1 saturated heterocycles. The van der Waals surface area contributed by atoms with Gasteiger partial charge in [-0.05, 0) is 13.0 Å². The summed E-state index contributed by atoms with van der Waals surface area (Å²) in [7, 11) is -3.72. The van der Waals surface area contributed by atoms with Crippen molar-refractivity contribution in [3.8, 4) is 0 Å². The lowest BCUT2D eigenvalue weighted by atomic mass is 10.3. The Hall–Kier alpha value is -2.30. The van der Waals surface area contributed by atoms with Gasteiger partial charge < -0.3 is 4.57 Å². The van der Waals surface area contributed by atoms with Gasteiger partial charge in [0.1, 0.15) is 5.82 Å². The fourth-order valence-corrected chi connectivity index (χ4v) is 4.45. The third kappa shape index (κ3) is 3.92. The van der Waals surface area contributed by atoms with Crippen LogP contribution >= 0.6 is 0 Å². The predicted octanol–water partition coefficient (Wildman–Crippen LogP) is 1.11. The highest BCUT2D eigenvalue weighted by Crippen LogP contribution is 2.22. The molecule has 0 N–H and O–H groups in total. The molecule has 3 rings (SSSR count). The molecule has 10 heteroatoms. The Morgan fingerprint density at radius 2 is 1.92 bits per heavy atom. The molecule has 0 radical (unpaired) electrons. The van der Waals surface area contributed by atoms with E-state index < -0.39 is 14.9 Å². The molecule has 1 aromatic heterocycles. The number of aromatic nitrogens is 2. The standard InChI is InChI=1S/C16H21N5O4S/c1-14-17-5-6-19(14)10-7-18-8-11-20(12-9-18)26(24,25)16-4-2-3-15(13-16)21(22)23/h2-6,13H,7-12H2,1H3. The SMILES string of the molecule is Cc1nccn1CCN1CCN(S(=O)(=O)c2cccc([N+](=O)[O-])c2)CC1. The van der Waals surface area contributed by atoms with Gasteiger partial charge in [-0.25, -0.2) is 13.4 Å². The number of imidazole rings is 1. The van der Waals surface area contributed by atoms with Crippen molar-refractivity contribution in [1.29, 1.82) is 0 Å². The maximum Gasteiger partial charge on any atom is 0.270 e. The largest absolute Gasteiger partial charge is 0.334 e. The van der Waals surface area contributed by atoms with Crippen molar-refractivity contribution in [2.75, 3.05) is 32.7 Å². The Labute approximate surface area is 152 Å². The van der Waals surface area contributed by atoms with E-state index in [2.05, 4.69) is 14.5 Å². The van der Waals surface area contributed by atoms with E-state index in [1.165, 1.54) is 22.5 Å². The summed E-state index contributed by atoms with van der Waals surface area (Å²) in [4.78, 5) is 16.6. The zero-order valence-corrected chi connectivity index (χ0v) is 15.3. The average Bonchev–Trinajstić information content (AvgIpc) is 3.05. The van der Waals surface area contributed by atoms with E-state index >= 15 is 0 Å². The zero-order chi connectivity index (χ0) is 18.7. The van der Waals surface area contributed by atoms with Gasteiger partial charge >= 0.3 is 0 Å². The fourth-order valence-electron chi connectivity index (χ4n) is 2.99. The molecule has 0 saturated carbocycles. The summed E-state index contributed by atoms with van der Waals surface area (Å²) in [6, 6.07) is 5.20. The highest BCUT2D eigenvalue weighted by molar-refractivity contribution is 7.89. The van der Waals surface area contributed by atoms with Gasteiger partial charge in [-0.3, -0.25) is 15.0 Å². The van der Waals surface area contributed by atoms with Crippen LogP contribution in [0.15, 0.2) is 41.6 Å². The lowest BCUT2D eigenvalue weighted by molar-refractivity contribution is -0.385. The van der Waals surface area contributed by atoms with Crippen molar-refractivity contribution < 1.29 is 13.3 Å². The lowest BCUT2D eigenvalue weighted by Gasteiger charge is -2.34. The summed E-state index contributed by atoms with van der Waals surface area (Å²) in [6.07, 6.45) is 3.69. The van der Waals surface area contributed by atoms with Crippen LogP contribution in [0.2, 0.25) is 0 Å². The van der Waals surface area contributed by atoms with Gasteiger partial charge in [0.05, 0.1) is 9.82 Å². The van der Waals surface area contributed by atoms with Crippen LogP contribution in [0.4, 0.5) is 5.69 Å². The molecular formula is C16H21N5O4S. The third-order valence-corrected chi connectivity index (χ3v) is 6.47. The van der Waals surface area contributed by atoms with Gasteiger partial charge in [-0.1, -0.05) is 6.07 Å². The number of non-ortho nitro benzene ring substituents is 1. The minimum absolute atomic E-state index is 0.0332. The van der Waals surface area contributed by atoms with Crippen LogP contribution in [-0.2, 0) is 16.6 Å². The number of hydrogen-bond donors (Lipinski definition) is 0. The van der Waals surface area contributed by atoms with E-state index in [0.717, 1.165) is 25.0 Å². The number of rotatable bonds is 6. The third-order valence-electron chi connectivity index (χ3n) is 4.58. The van der Waals surface area contributed by atoms with Crippen LogP contribution in [0.3, 0.4) is 0 Å². The first-order chi connectivity index (χ1) is 12.4. The van der Waals surface area contributed by atoms with Gasteiger partial charge in [-0.2, -0.15) is 4.31 Å². The molecule has 0 bridgehead atoms. The van der Waals surface area contributed by atoms with Crippen LogP contribution in [0, 0.1) is 17.0 Å². The van der Waals surface area contributed by atoms with Gasteiger partial charge in [-0.15, -0.1) is 0 Å². The quantitative estimate of drug-likeness (QED) is 0.550. The number of aryl methyl sites for hydroxylation is 1. The molecule has 0 amide bonds. The van der Waals surface area contributed by atoms with Crippen LogP contribution in [0.25, 0.3) is 0 Å². The fraction of sp³-hybridized carbons (Fsp3) is 0.438. The second-order valence-corrected chi connectivity index (χ2v) is 8.11. The van der Waals surface area contributed by atoms with Crippen LogP contribution in [-0.4, -0.2) is 64.8 Å². The van der Waals surface area contributed by atoms with Gasteiger partial charge in [0.15, 0.2) is 0 Å². The smallest absolute Gasteiger partial charge is 0.270 e. The van der Waals surface area contributed by atoms with E-state index in [-0.39, 0.29) is 10.6 Å². The van der Waals surface area contributed by atoms with Gasteiger partial charge in [0.2, 0.25) is 10.0 Å². The van der Waals surface area contributed by atoms with E-state index in [1.54, 1.807) is 6.20 Å². The normalized spacial score (nSPS) is 16.7. The molecule has 1 fully saturated rings. The van der Waals surface area contributed by atoms with Crippen LogP contribution in [0.5, 0.6) is 0 Å². The van der Waals surface area contributed by atoms with Crippen molar-refractivity contribution in [1.82, 2.24) is 18.8 Å². The molecule has 0 atom stereocenters. The monoisotopic (exact) mass is 379 g/mol. The predicted molar refractivity (Wildman–Crippen MR) is 95.3 cm³/mol. The first-order valence-electron chi connectivity index (χ1n) is 8.32. The van der Waals surface area contributed by atoms with Crippen molar-refractivity contribution in [3.63, 3.8) is 0 Å². The van der Waals surface area contributed by atoms with E-state index in [1.807, 2.05) is 13.1 Å². The molecule has 9 nitrogen and oxygen atoms in total. The second-order valence-electron chi connectivity index (χ2n) is 6.17. The Kier molecular flexibility index (Phi) is 5.35. The van der Waals surface area contributed by atoms with Crippen LogP contribution in [0.1, 0.15) is 5.82 Å². The summed E-state index contributed by atoms with van der Waals surface area (Å²) >= 11 is 0. The molecule has 0 unspecified atom stereocenters. The molecule has 1 aliphatic rings. The molecule has 26 heavy (non-hydrogen) atoms. The highest BCUT2D eigenvalue weighted by atomic mass is 32.2. The molecule has 1 aliphatic heterocycles. The number of sulfonamides is 1. The topological polar surface area (TPSA) is 102 Å². The maximum atomic E-state index is 12.7. The van der Waals surface area contributed by atoms with E-state index in [4.69, 9.17) is 0 Å². The van der Waals surface area contributed by atoms with Gasteiger partial charge in [0.25, 0.3) is 5.69 Å². The van der Waals surface area contributed by atoms with Crippen LogP contribution < -0.4 is 0 Å². The van der Waals surface area contributed by atoms with E-state index in [0.29, 0.717) is 26.2 Å². The number of hydrogen-bond acceptors (Lipinski definition) is 6. The minimum Gasteiger partial charge on any atom is -0.334 e. The highest BCUT2D eigenvalue weighted by Gasteiger charge is 2.29. The van der Waals surface area contributed by atoms with Crippen molar-refractivity contribution in [2.45, 2.75) is 18.4 Å². The van der Waals surface area contributed by atoms with Gasteiger partial charge in [0, 0.05) is 63.8 Å². The second kappa shape index (κ2) is 7.52. The van der Waals surface area contributed by atoms with Crippen molar-refractivity contribution >= 4 is 15.7 Å². The first-order valence-corrected chi connectivity index (χ1v) is 9.76.